The molecule has 2 heterocycles. The highest BCUT2D eigenvalue weighted by molar-refractivity contribution is 4.95. The molecular formula is C12H19N5. The molecule has 2 aromatic heterocycles. The van der Waals surface area contributed by atoms with Gasteiger partial charge in [0.1, 0.15) is 0 Å². The van der Waals surface area contributed by atoms with Crippen molar-refractivity contribution in [2.75, 3.05) is 6.54 Å². The summed E-state index contributed by atoms with van der Waals surface area (Å²) in [6.07, 6.45) is 10.8. The van der Waals surface area contributed by atoms with Gasteiger partial charge < -0.3 is 14.5 Å². The smallest absolute Gasteiger partial charge is 0.0949 e. The third-order valence-electron chi connectivity index (χ3n) is 2.63. The molecule has 0 aliphatic rings. The van der Waals surface area contributed by atoms with Crippen LogP contribution >= 0.6 is 0 Å². The van der Waals surface area contributed by atoms with Crippen molar-refractivity contribution < 1.29 is 0 Å². The van der Waals surface area contributed by atoms with E-state index < -0.39 is 0 Å². The lowest BCUT2D eigenvalue weighted by atomic mass is 10.4. The number of aromatic nitrogens is 4. The van der Waals surface area contributed by atoms with Crippen LogP contribution in [0.5, 0.6) is 0 Å². The maximum absolute atomic E-state index is 4.35. The lowest BCUT2D eigenvalue weighted by Gasteiger charge is -2.03. The molecule has 0 atom stereocenters. The van der Waals surface area contributed by atoms with Gasteiger partial charge >= 0.3 is 0 Å². The van der Waals surface area contributed by atoms with E-state index in [1.807, 2.05) is 25.0 Å². The Balaban J connectivity index is 1.73. The first kappa shape index (κ1) is 11.9. The molecule has 0 bridgehead atoms. The topological polar surface area (TPSA) is 47.7 Å². The Bertz CT molecular complexity index is 418. The van der Waals surface area contributed by atoms with Crippen molar-refractivity contribution in [3.8, 4) is 0 Å². The van der Waals surface area contributed by atoms with Crippen molar-refractivity contribution in [2.45, 2.75) is 33.0 Å². The minimum Gasteiger partial charge on any atom is -0.337 e. The number of hydrogen-bond acceptors (Lipinski definition) is 3. The van der Waals surface area contributed by atoms with Crippen LogP contribution in [0.1, 0.15) is 19.0 Å². The molecule has 92 valence electrons. The molecule has 0 saturated carbocycles. The van der Waals surface area contributed by atoms with E-state index in [4.69, 9.17) is 0 Å². The van der Waals surface area contributed by atoms with Crippen LogP contribution in [0, 0.1) is 0 Å². The van der Waals surface area contributed by atoms with Crippen molar-refractivity contribution in [2.24, 2.45) is 0 Å². The second kappa shape index (κ2) is 6.20. The lowest BCUT2D eigenvalue weighted by Crippen LogP contribution is -2.11. The highest BCUT2D eigenvalue weighted by Crippen LogP contribution is 1.99. The Labute approximate surface area is 102 Å². The van der Waals surface area contributed by atoms with Crippen LogP contribution in [0.4, 0.5) is 0 Å². The Morgan fingerprint density at radius 2 is 2.12 bits per heavy atom. The zero-order chi connectivity index (χ0) is 11.9. The summed E-state index contributed by atoms with van der Waals surface area (Å²) < 4.78 is 4.24. The molecule has 17 heavy (non-hydrogen) atoms. The van der Waals surface area contributed by atoms with Crippen molar-refractivity contribution >= 4 is 0 Å². The summed E-state index contributed by atoms with van der Waals surface area (Å²) in [4.78, 5) is 8.37. The molecule has 5 nitrogen and oxygen atoms in total. The van der Waals surface area contributed by atoms with Gasteiger partial charge in [0, 0.05) is 38.2 Å². The second-order valence-electron chi connectivity index (χ2n) is 4.04. The lowest BCUT2D eigenvalue weighted by molar-refractivity contribution is 0.562. The summed E-state index contributed by atoms with van der Waals surface area (Å²) in [7, 11) is 0. The summed E-state index contributed by atoms with van der Waals surface area (Å²) in [6.45, 7) is 5.93. The molecule has 1 N–H and O–H groups in total. The quantitative estimate of drug-likeness (QED) is 0.783. The standard InChI is InChI=1S/C12H19N5/c1-2-13-8-12-9-17(11-15-12)6-3-5-16-7-4-14-10-16/h4,7,9-11,13H,2-3,5-6,8H2,1H3. The molecule has 0 aliphatic heterocycles. The molecule has 0 spiro atoms. The minimum atomic E-state index is 0.852. The Morgan fingerprint density at radius 1 is 1.24 bits per heavy atom. The number of nitrogens with one attached hydrogen (secondary N) is 1. The van der Waals surface area contributed by atoms with Crippen molar-refractivity contribution in [3.63, 3.8) is 0 Å². The fourth-order valence-electron chi connectivity index (χ4n) is 1.73. The van der Waals surface area contributed by atoms with Crippen molar-refractivity contribution in [3.05, 3.63) is 36.9 Å². The molecule has 0 aliphatic carbocycles. The van der Waals surface area contributed by atoms with E-state index in [9.17, 15) is 0 Å². The highest BCUT2D eigenvalue weighted by atomic mass is 15.1. The SMILES string of the molecule is CCNCc1cn(CCCn2ccnc2)cn1. The van der Waals surface area contributed by atoms with Crippen LogP contribution in [0.2, 0.25) is 0 Å². The molecule has 0 saturated heterocycles. The Kier molecular flexibility index (Phi) is 4.32. The van der Waals surface area contributed by atoms with Crippen LogP contribution < -0.4 is 5.32 Å². The van der Waals surface area contributed by atoms with Gasteiger partial charge in [-0.1, -0.05) is 6.92 Å². The summed E-state index contributed by atoms with van der Waals surface area (Å²) in [6, 6.07) is 0. The summed E-state index contributed by atoms with van der Waals surface area (Å²) in [5, 5.41) is 3.27. The van der Waals surface area contributed by atoms with Crippen LogP contribution in [0.3, 0.4) is 0 Å². The molecule has 0 radical (unpaired) electrons. The van der Waals surface area contributed by atoms with Gasteiger partial charge in [-0.2, -0.15) is 0 Å². The van der Waals surface area contributed by atoms with E-state index in [0.717, 1.165) is 38.3 Å². The van der Waals surface area contributed by atoms with E-state index in [0.29, 0.717) is 0 Å². The average Bonchev–Trinajstić information content (AvgIpc) is 2.98. The van der Waals surface area contributed by atoms with Gasteiger partial charge in [-0.3, -0.25) is 0 Å². The summed E-state index contributed by atoms with van der Waals surface area (Å²) in [5.74, 6) is 0. The van der Waals surface area contributed by atoms with Crippen LogP contribution in [0.25, 0.3) is 0 Å². The van der Waals surface area contributed by atoms with Gasteiger partial charge in [-0.25, -0.2) is 9.97 Å². The molecule has 5 heteroatoms. The number of imidazole rings is 2. The summed E-state index contributed by atoms with van der Waals surface area (Å²) in [5.41, 5.74) is 1.11. The van der Waals surface area contributed by atoms with Gasteiger partial charge in [0.15, 0.2) is 0 Å². The maximum atomic E-state index is 4.35. The zero-order valence-corrected chi connectivity index (χ0v) is 10.2. The van der Waals surface area contributed by atoms with Crippen molar-refractivity contribution in [1.29, 1.82) is 0 Å². The largest absolute Gasteiger partial charge is 0.337 e. The molecule has 2 aromatic rings. The molecule has 0 aromatic carbocycles. The van der Waals surface area contributed by atoms with Gasteiger partial charge in [0.25, 0.3) is 0 Å². The van der Waals surface area contributed by atoms with Crippen LogP contribution in [-0.4, -0.2) is 25.6 Å². The van der Waals surface area contributed by atoms with Gasteiger partial charge in [0.2, 0.25) is 0 Å². The molecule has 0 amide bonds. The highest BCUT2D eigenvalue weighted by Gasteiger charge is 1.98. The number of nitrogens with zero attached hydrogens (tertiary/aromatic N) is 4. The van der Waals surface area contributed by atoms with Crippen LogP contribution in [-0.2, 0) is 19.6 Å². The third-order valence-corrected chi connectivity index (χ3v) is 2.63. The first-order chi connectivity index (χ1) is 8.38. The second-order valence-corrected chi connectivity index (χ2v) is 4.04. The monoisotopic (exact) mass is 233 g/mol. The predicted octanol–water partition coefficient (Wildman–Crippen LogP) is 1.28. The van der Waals surface area contributed by atoms with Gasteiger partial charge in [0.05, 0.1) is 18.3 Å². The predicted molar refractivity (Wildman–Crippen MR) is 66.5 cm³/mol. The zero-order valence-electron chi connectivity index (χ0n) is 10.2. The average molecular weight is 233 g/mol. The van der Waals surface area contributed by atoms with Crippen LogP contribution in [0.15, 0.2) is 31.2 Å². The van der Waals surface area contributed by atoms with Gasteiger partial charge in [-0.15, -0.1) is 0 Å². The molecule has 2 rings (SSSR count). The van der Waals surface area contributed by atoms with E-state index >= 15 is 0 Å². The fourth-order valence-corrected chi connectivity index (χ4v) is 1.73. The van der Waals surface area contributed by atoms with E-state index in [1.165, 1.54) is 0 Å². The van der Waals surface area contributed by atoms with Gasteiger partial charge in [-0.05, 0) is 13.0 Å². The molecule has 0 fully saturated rings. The number of hydrogen-bond donors (Lipinski definition) is 1. The Morgan fingerprint density at radius 3 is 2.88 bits per heavy atom. The first-order valence-electron chi connectivity index (χ1n) is 6.05. The normalized spacial score (nSPS) is 10.9. The number of aryl methyl sites for hydroxylation is 2. The Hall–Kier alpha value is -1.62. The van der Waals surface area contributed by atoms with E-state index in [2.05, 4.69) is 37.5 Å². The van der Waals surface area contributed by atoms with E-state index in [1.54, 1.807) is 0 Å². The number of rotatable bonds is 7. The molecular weight excluding hydrogens is 214 g/mol. The third kappa shape index (κ3) is 3.71. The fraction of sp³-hybridized carbons (Fsp3) is 0.500. The molecule has 0 unspecified atom stereocenters. The van der Waals surface area contributed by atoms with E-state index in [-0.39, 0.29) is 0 Å². The maximum Gasteiger partial charge on any atom is 0.0949 e. The first-order valence-corrected chi connectivity index (χ1v) is 6.05. The summed E-state index contributed by atoms with van der Waals surface area (Å²) >= 11 is 0. The minimum absolute atomic E-state index is 0.852. The van der Waals surface area contributed by atoms with Crippen molar-refractivity contribution in [1.82, 2.24) is 24.4 Å².